The van der Waals surface area contributed by atoms with Crippen molar-refractivity contribution in [2.24, 2.45) is 0 Å². The van der Waals surface area contributed by atoms with E-state index in [0.717, 1.165) is 12.1 Å². The number of hydrogen-bond acceptors (Lipinski definition) is 3. The van der Waals surface area contributed by atoms with Crippen molar-refractivity contribution >= 4 is 11.8 Å². The third-order valence-corrected chi connectivity index (χ3v) is 5.94. The van der Waals surface area contributed by atoms with Crippen LogP contribution in [0.4, 0.5) is 0 Å². The fourth-order valence-corrected chi connectivity index (χ4v) is 4.30. The third kappa shape index (κ3) is 2.90. The van der Waals surface area contributed by atoms with E-state index in [1.165, 1.54) is 36.1 Å². The molecule has 1 N–H and O–H groups in total. The van der Waals surface area contributed by atoms with Crippen molar-refractivity contribution < 1.29 is 0 Å². The summed E-state index contributed by atoms with van der Waals surface area (Å²) in [7, 11) is 2.31. The summed E-state index contributed by atoms with van der Waals surface area (Å²) >= 11 is 1.81. The molecule has 2 aliphatic rings. The van der Waals surface area contributed by atoms with Gasteiger partial charge in [-0.15, -0.1) is 11.8 Å². The molecule has 2 aliphatic heterocycles. The number of thioether (sulfide) groups is 1. The molecule has 3 heteroatoms. The van der Waals surface area contributed by atoms with E-state index in [4.69, 9.17) is 0 Å². The third-order valence-electron chi connectivity index (χ3n) is 5.20. The lowest BCUT2D eigenvalue weighted by Gasteiger charge is -2.38. The molecule has 1 aromatic carbocycles. The normalized spacial score (nSPS) is 31.4. The van der Waals surface area contributed by atoms with Gasteiger partial charge in [-0.1, -0.05) is 12.1 Å². The van der Waals surface area contributed by atoms with E-state index in [1.54, 1.807) is 0 Å². The summed E-state index contributed by atoms with van der Waals surface area (Å²) < 4.78 is 0. The monoisotopic (exact) mass is 290 g/mol. The van der Waals surface area contributed by atoms with E-state index in [0.29, 0.717) is 12.1 Å². The first-order valence-corrected chi connectivity index (χ1v) is 9.01. The Morgan fingerprint density at radius 3 is 2.30 bits per heavy atom. The van der Waals surface area contributed by atoms with Crippen LogP contribution < -0.4 is 5.32 Å². The Balaban J connectivity index is 1.60. The molecular weight excluding hydrogens is 264 g/mol. The van der Waals surface area contributed by atoms with Gasteiger partial charge in [-0.3, -0.25) is 0 Å². The van der Waals surface area contributed by atoms with Gasteiger partial charge in [0.05, 0.1) is 0 Å². The van der Waals surface area contributed by atoms with Crippen molar-refractivity contribution in [2.45, 2.75) is 61.7 Å². The molecule has 2 bridgehead atoms. The highest BCUT2D eigenvalue weighted by Gasteiger charge is 2.38. The van der Waals surface area contributed by atoms with E-state index in [2.05, 4.69) is 54.7 Å². The molecule has 20 heavy (non-hydrogen) atoms. The number of piperidine rings is 1. The highest BCUT2D eigenvalue weighted by Crippen LogP contribution is 2.35. The Morgan fingerprint density at radius 2 is 1.75 bits per heavy atom. The molecule has 0 saturated carbocycles. The fraction of sp³-hybridized carbons (Fsp3) is 0.647. The molecule has 2 fully saturated rings. The smallest absolute Gasteiger partial charge is 0.0294 e. The Hall–Kier alpha value is -0.510. The topological polar surface area (TPSA) is 15.3 Å². The van der Waals surface area contributed by atoms with Crippen LogP contribution in [0.15, 0.2) is 29.2 Å². The Bertz CT molecular complexity index is 431. The largest absolute Gasteiger partial charge is 0.307 e. The van der Waals surface area contributed by atoms with Crippen molar-refractivity contribution in [3.63, 3.8) is 0 Å². The molecule has 0 radical (unpaired) electrons. The predicted octanol–water partition coefficient (Wildman–Crippen LogP) is 3.68. The van der Waals surface area contributed by atoms with Crippen LogP contribution in [0.25, 0.3) is 0 Å². The predicted molar refractivity (Wildman–Crippen MR) is 87.4 cm³/mol. The molecule has 2 nitrogen and oxygen atoms in total. The molecule has 3 rings (SSSR count). The van der Waals surface area contributed by atoms with Crippen LogP contribution in [0.5, 0.6) is 0 Å². The number of hydrogen-bond donors (Lipinski definition) is 1. The second kappa shape index (κ2) is 6.08. The van der Waals surface area contributed by atoms with Gasteiger partial charge in [0, 0.05) is 29.1 Å². The number of nitrogens with one attached hydrogen (secondary N) is 1. The zero-order valence-corrected chi connectivity index (χ0v) is 13.6. The first-order chi connectivity index (χ1) is 9.67. The summed E-state index contributed by atoms with van der Waals surface area (Å²) in [5.74, 6) is 0. The lowest BCUT2D eigenvalue weighted by Crippen LogP contribution is -2.47. The maximum atomic E-state index is 3.86. The van der Waals surface area contributed by atoms with Crippen LogP contribution in [0, 0.1) is 0 Å². The highest BCUT2D eigenvalue weighted by atomic mass is 32.2. The summed E-state index contributed by atoms with van der Waals surface area (Å²) in [5, 5.41) is 3.86. The molecule has 0 aliphatic carbocycles. The van der Waals surface area contributed by atoms with Gasteiger partial charge in [0.25, 0.3) is 0 Å². The van der Waals surface area contributed by atoms with Crippen molar-refractivity contribution in [3.8, 4) is 0 Å². The van der Waals surface area contributed by atoms with E-state index >= 15 is 0 Å². The van der Waals surface area contributed by atoms with Crippen LogP contribution in [0.3, 0.4) is 0 Å². The van der Waals surface area contributed by atoms with Crippen LogP contribution in [-0.4, -0.2) is 36.3 Å². The molecule has 1 aromatic rings. The molecule has 2 heterocycles. The molecule has 110 valence electrons. The number of fused-ring (bicyclic) bond motifs is 2. The van der Waals surface area contributed by atoms with Crippen LogP contribution in [0.1, 0.15) is 44.2 Å². The molecule has 0 aromatic heterocycles. The van der Waals surface area contributed by atoms with Gasteiger partial charge in [-0.25, -0.2) is 0 Å². The lowest BCUT2D eigenvalue weighted by atomic mass is 9.96. The van der Waals surface area contributed by atoms with Gasteiger partial charge < -0.3 is 10.2 Å². The Labute approximate surface area is 127 Å². The van der Waals surface area contributed by atoms with Crippen molar-refractivity contribution in [1.29, 1.82) is 0 Å². The number of rotatable bonds is 4. The SMILES string of the molecule is CSc1ccc(C(C)NC2CC3CCC(C2)N3C)cc1. The molecule has 2 saturated heterocycles. The van der Waals surface area contributed by atoms with Gasteiger partial charge in [-0.05, 0) is 63.6 Å². The lowest BCUT2D eigenvalue weighted by molar-refractivity contribution is 0.144. The van der Waals surface area contributed by atoms with Crippen LogP contribution in [-0.2, 0) is 0 Å². The van der Waals surface area contributed by atoms with Crippen LogP contribution in [0.2, 0.25) is 0 Å². The summed E-state index contributed by atoms with van der Waals surface area (Å²) in [6, 6.07) is 11.8. The van der Waals surface area contributed by atoms with Crippen LogP contribution >= 0.6 is 11.8 Å². The van der Waals surface area contributed by atoms with Gasteiger partial charge in [0.15, 0.2) is 0 Å². The van der Waals surface area contributed by atoms with Gasteiger partial charge in [0.1, 0.15) is 0 Å². The first-order valence-electron chi connectivity index (χ1n) is 7.79. The van der Waals surface area contributed by atoms with E-state index in [-0.39, 0.29) is 0 Å². The molecule has 0 spiro atoms. The maximum absolute atomic E-state index is 3.86. The second-order valence-corrected chi connectivity index (χ2v) is 7.26. The zero-order chi connectivity index (χ0) is 14.1. The molecule has 0 amide bonds. The first kappa shape index (κ1) is 14.4. The Morgan fingerprint density at radius 1 is 1.15 bits per heavy atom. The summed E-state index contributed by atoms with van der Waals surface area (Å²) in [5.41, 5.74) is 1.41. The minimum atomic E-state index is 0.457. The zero-order valence-electron chi connectivity index (χ0n) is 12.8. The summed E-state index contributed by atoms with van der Waals surface area (Å²) in [6.07, 6.45) is 7.57. The minimum absolute atomic E-state index is 0.457. The molecular formula is C17H26N2S. The van der Waals surface area contributed by atoms with Crippen molar-refractivity contribution in [1.82, 2.24) is 10.2 Å². The van der Waals surface area contributed by atoms with E-state index in [9.17, 15) is 0 Å². The Kier molecular flexibility index (Phi) is 4.39. The average molecular weight is 290 g/mol. The molecule has 3 unspecified atom stereocenters. The van der Waals surface area contributed by atoms with Gasteiger partial charge in [0.2, 0.25) is 0 Å². The summed E-state index contributed by atoms with van der Waals surface area (Å²) in [6.45, 7) is 2.30. The molecule has 3 atom stereocenters. The highest BCUT2D eigenvalue weighted by molar-refractivity contribution is 7.98. The standard InChI is InChI=1S/C17H26N2S/c1-12(13-4-8-17(20-3)9-5-13)18-14-10-15-6-7-16(11-14)19(15)2/h4-5,8-9,12,14-16,18H,6-7,10-11H2,1-3H3. The van der Waals surface area contributed by atoms with Crippen molar-refractivity contribution in [2.75, 3.05) is 13.3 Å². The van der Waals surface area contributed by atoms with E-state index < -0.39 is 0 Å². The van der Waals surface area contributed by atoms with Gasteiger partial charge >= 0.3 is 0 Å². The van der Waals surface area contributed by atoms with E-state index in [1.807, 2.05) is 11.8 Å². The fourth-order valence-electron chi connectivity index (χ4n) is 3.89. The van der Waals surface area contributed by atoms with Crippen molar-refractivity contribution in [3.05, 3.63) is 29.8 Å². The second-order valence-electron chi connectivity index (χ2n) is 6.38. The quantitative estimate of drug-likeness (QED) is 0.852. The minimum Gasteiger partial charge on any atom is -0.307 e. The number of nitrogens with zero attached hydrogens (tertiary/aromatic N) is 1. The average Bonchev–Trinajstić information content (AvgIpc) is 2.69. The summed E-state index contributed by atoms with van der Waals surface area (Å²) in [4.78, 5) is 3.95. The maximum Gasteiger partial charge on any atom is 0.0294 e. The van der Waals surface area contributed by atoms with Gasteiger partial charge in [-0.2, -0.15) is 0 Å². The number of benzene rings is 1.